The maximum atomic E-state index is 10.4. The monoisotopic (exact) mass is 393 g/mol. The molecule has 0 unspecified atom stereocenters. The average molecular weight is 393 g/mol. The zero-order valence-corrected chi connectivity index (χ0v) is 16.0. The van der Waals surface area contributed by atoms with E-state index in [4.69, 9.17) is 21.2 Å². The van der Waals surface area contributed by atoms with Gasteiger partial charge in [0, 0.05) is 12.0 Å². The molecule has 0 spiro atoms. The first-order valence-electron chi connectivity index (χ1n) is 9.27. The number of terminal acetylenes is 1. The predicted molar refractivity (Wildman–Crippen MR) is 106 cm³/mol. The number of hydrogen-bond acceptors (Lipinski definition) is 6. The molecular weight excluding hydrogens is 370 g/mol. The SMILES string of the molecule is C#Cc1ccc(Cc2cc([C@@H]3O[C@H](CC#N)[C@@H](O)[C@H](O)[C@H]3O)ccc2OC)cc1. The lowest BCUT2D eigenvalue weighted by molar-refractivity contribution is -0.223. The zero-order chi connectivity index (χ0) is 21.0. The second-order valence-corrected chi connectivity index (χ2v) is 7.02. The molecule has 1 saturated heterocycles. The Balaban J connectivity index is 1.90. The van der Waals surface area contributed by atoms with E-state index in [0.29, 0.717) is 17.7 Å². The minimum atomic E-state index is -1.41. The van der Waals surface area contributed by atoms with Crippen LogP contribution in [0.2, 0.25) is 0 Å². The Hall–Kier alpha value is -2.87. The lowest BCUT2D eigenvalue weighted by atomic mass is 9.89. The van der Waals surface area contributed by atoms with Crippen LogP contribution >= 0.6 is 0 Å². The van der Waals surface area contributed by atoms with Crippen molar-refractivity contribution in [2.75, 3.05) is 7.11 Å². The molecule has 0 aromatic heterocycles. The molecule has 0 aliphatic carbocycles. The molecular formula is C23H23NO5. The van der Waals surface area contributed by atoms with Crippen LogP contribution in [0.4, 0.5) is 0 Å². The summed E-state index contributed by atoms with van der Waals surface area (Å²) in [5, 5.41) is 39.6. The summed E-state index contributed by atoms with van der Waals surface area (Å²) < 4.78 is 11.2. The van der Waals surface area contributed by atoms with Crippen LogP contribution in [0.15, 0.2) is 42.5 Å². The maximum Gasteiger partial charge on any atom is 0.122 e. The van der Waals surface area contributed by atoms with Gasteiger partial charge in [0.25, 0.3) is 0 Å². The highest BCUT2D eigenvalue weighted by atomic mass is 16.5. The van der Waals surface area contributed by atoms with Crippen LogP contribution in [0.3, 0.4) is 0 Å². The van der Waals surface area contributed by atoms with Crippen LogP contribution in [0, 0.1) is 23.7 Å². The van der Waals surface area contributed by atoms with E-state index in [1.54, 1.807) is 19.2 Å². The molecule has 0 saturated carbocycles. The highest BCUT2D eigenvalue weighted by molar-refractivity contribution is 5.43. The van der Waals surface area contributed by atoms with Crippen LogP contribution in [-0.2, 0) is 11.2 Å². The first-order chi connectivity index (χ1) is 14.0. The van der Waals surface area contributed by atoms with Crippen molar-refractivity contribution in [2.45, 2.75) is 43.4 Å². The van der Waals surface area contributed by atoms with Gasteiger partial charge in [0.05, 0.1) is 25.7 Å². The van der Waals surface area contributed by atoms with Gasteiger partial charge in [-0.3, -0.25) is 0 Å². The summed E-state index contributed by atoms with van der Waals surface area (Å²) in [5.41, 5.74) is 3.32. The van der Waals surface area contributed by atoms with Gasteiger partial charge in [0.15, 0.2) is 0 Å². The second kappa shape index (κ2) is 9.09. The predicted octanol–water partition coefficient (Wildman–Crippen LogP) is 1.70. The third kappa shape index (κ3) is 4.42. The molecule has 5 atom stereocenters. The Labute approximate surface area is 169 Å². The highest BCUT2D eigenvalue weighted by Gasteiger charge is 2.44. The van der Waals surface area contributed by atoms with Crippen molar-refractivity contribution in [1.29, 1.82) is 5.26 Å². The number of aliphatic hydroxyl groups excluding tert-OH is 3. The fourth-order valence-corrected chi connectivity index (χ4v) is 3.54. The van der Waals surface area contributed by atoms with Crippen molar-refractivity contribution >= 4 is 0 Å². The highest BCUT2D eigenvalue weighted by Crippen LogP contribution is 2.35. The first-order valence-corrected chi connectivity index (χ1v) is 9.27. The molecule has 0 radical (unpaired) electrons. The molecule has 1 fully saturated rings. The fraction of sp³-hybridized carbons (Fsp3) is 0.348. The van der Waals surface area contributed by atoms with Crippen LogP contribution in [0.1, 0.15) is 34.8 Å². The molecule has 2 aromatic rings. The first kappa shape index (κ1) is 20.9. The number of nitrogens with zero attached hydrogens (tertiary/aromatic N) is 1. The van der Waals surface area contributed by atoms with Crippen LogP contribution in [-0.4, -0.2) is 46.8 Å². The lowest BCUT2D eigenvalue weighted by Crippen LogP contribution is -2.54. The van der Waals surface area contributed by atoms with E-state index in [1.165, 1.54) is 0 Å². The van der Waals surface area contributed by atoms with Crippen molar-refractivity contribution in [1.82, 2.24) is 0 Å². The summed E-state index contributed by atoms with van der Waals surface area (Å²) in [6, 6.07) is 14.9. The van der Waals surface area contributed by atoms with Gasteiger partial charge in [-0.05, 0) is 41.0 Å². The summed E-state index contributed by atoms with van der Waals surface area (Å²) in [7, 11) is 1.58. The number of benzene rings is 2. The minimum absolute atomic E-state index is 0.0913. The van der Waals surface area contributed by atoms with Gasteiger partial charge in [-0.1, -0.05) is 24.1 Å². The molecule has 3 N–H and O–H groups in total. The van der Waals surface area contributed by atoms with Crippen molar-refractivity contribution in [3.63, 3.8) is 0 Å². The quantitative estimate of drug-likeness (QED) is 0.668. The van der Waals surface area contributed by atoms with Crippen LogP contribution in [0.25, 0.3) is 0 Å². The van der Waals surface area contributed by atoms with E-state index in [2.05, 4.69) is 5.92 Å². The zero-order valence-electron chi connectivity index (χ0n) is 16.0. The number of rotatable bonds is 5. The molecule has 3 rings (SSSR count). The van der Waals surface area contributed by atoms with E-state index < -0.39 is 30.5 Å². The van der Waals surface area contributed by atoms with E-state index in [9.17, 15) is 15.3 Å². The second-order valence-electron chi connectivity index (χ2n) is 7.02. The lowest BCUT2D eigenvalue weighted by Gasteiger charge is -2.40. The Morgan fingerprint density at radius 2 is 1.79 bits per heavy atom. The van der Waals surface area contributed by atoms with Crippen LogP contribution < -0.4 is 4.74 Å². The van der Waals surface area contributed by atoms with Gasteiger partial charge in [-0.15, -0.1) is 6.42 Å². The molecule has 2 aromatic carbocycles. The number of aliphatic hydroxyl groups is 3. The number of hydrogen-bond donors (Lipinski definition) is 3. The van der Waals surface area contributed by atoms with Gasteiger partial charge in [-0.25, -0.2) is 0 Å². The van der Waals surface area contributed by atoms with E-state index >= 15 is 0 Å². The Morgan fingerprint density at radius 3 is 2.41 bits per heavy atom. The third-order valence-electron chi connectivity index (χ3n) is 5.15. The summed E-state index contributed by atoms with van der Waals surface area (Å²) >= 11 is 0. The third-order valence-corrected chi connectivity index (χ3v) is 5.15. The molecule has 6 heteroatoms. The van der Waals surface area contributed by atoms with Gasteiger partial charge in [0.1, 0.15) is 30.2 Å². The standard InChI is InChI=1S/C23H23NO5/c1-3-14-4-6-15(7-5-14)12-17-13-16(8-9-18(17)28-2)23-22(27)21(26)20(25)19(29-23)10-11-24/h1,4-9,13,19-23,25-27H,10,12H2,2H3/t19-,20-,21+,22-,23+/m1/s1. The van der Waals surface area contributed by atoms with Crippen molar-refractivity contribution in [2.24, 2.45) is 0 Å². The van der Waals surface area contributed by atoms with E-state index in [-0.39, 0.29) is 6.42 Å². The minimum Gasteiger partial charge on any atom is -0.496 e. The molecule has 0 amide bonds. The summed E-state index contributed by atoms with van der Waals surface area (Å²) in [6.45, 7) is 0. The number of methoxy groups -OCH3 is 1. The average Bonchev–Trinajstić information content (AvgIpc) is 2.74. The van der Waals surface area contributed by atoms with Gasteiger partial charge >= 0.3 is 0 Å². The fourth-order valence-electron chi connectivity index (χ4n) is 3.54. The summed E-state index contributed by atoms with van der Waals surface area (Å²) in [4.78, 5) is 0. The Bertz CT molecular complexity index is 928. The number of ether oxygens (including phenoxy) is 2. The summed E-state index contributed by atoms with van der Waals surface area (Å²) in [5.74, 6) is 3.26. The van der Waals surface area contributed by atoms with Crippen molar-refractivity contribution in [3.05, 3.63) is 64.7 Å². The molecule has 150 valence electrons. The van der Waals surface area contributed by atoms with Gasteiger partial charge < -0.3 is 24.8 Å². The number of nitriles is 1. The molecule has 1 heterocycles. The van der Waals surface area contributed by atoms with Gasteiger partial charge in [-0.2, -0.15) is 5.26 Å². The molecule has 6 nitrogen and oxygen atoms in total. The van der Waals surface area contributed by atoms with E-state index in [1.807, 2.05) is 36.4 Å². The largest absolute Gasteiger partial charge is 0.496 e. The molecule has 29 heavy (non-hydrogen) atoms. The van der Waals surface area contributed by atoms with Gasteiger partial charge in [0.2, 0.25) is 0 Å². The Morgan fingerprint density at radius 1 is 1.07 bits per heavy atom. The molecule has 1 aliphatic heterocycles. The Kier molecular flexibility index (Phi) is 6.53. The van der Waals surface area contributed by atoms with E-state index in [0.717, 1.165) is 16.7 Å². The maximum absolute atomic E-state index is 10.4. The smallest absolute Gasteiger partial charge is 0.122 e. The van der Waals surface area contributed by atoms with Crippen molar-refractivity contribution in [3.8, 4) is 24.2 Å². The summed E-state index contributed by atoms with van der Waals surface area (Å²) in [6.07, 6.45) is 0.0611. The topological polar surface area (TPSA) is 103 Å². The molecule has 0 bridgehead atoms. The van der Waals surface area contributed by atoms with Crippen molar-refractivity contribution < 1.29 is 24.8 Å². The molecule has 1 aliphatic rings. The van der Waals surface area contributed by atoms with Crippen LogP contribution in [0.5, 0.6) is 5.75 Å². The normalized spacial score (nSPS) is 26.3.